The minimum Gasteiger partial charge on any atom is -0.371 e. The van der Waals surface area contributed by atoms with E-state index in [1.54, 1.807) is 12.1 Å². The van der Waals surface area contributed by atoms with Gasteiger partial charge in [0.2, 0.25) is 10.0 Å². The van der Waals surface area contributed by atoms with Gasteiger partial charge in [0.15, 0.2) is 0 Å². The highest BCUT2D eigenvalue weighted by atomic mass is 32.2. The fourth-order valence-electron chi connectivity index (χ4n) is 2.14. The fraction of sp³-hybridized carbons (Fsp3) is 0.600. The van der Waals surface area contributed by atoms with E-state index in [-0.39, 0.29) is 6.04 Å². The number of rotatable bonds is 9. The minimum atomic E-state index is -3.42. The second-order valence-electron chi connectivity index (χ2n) is 5.40. The third-order valence-electron chi connectivity index (χ3n) is 3.03. The molecule has 0 aliphatic carbocycles. The highest BCUT2D eigenvalue weighted by Gasteiger charge is 2.15. The summed E-state index contributed by atoms with van der Waals surface area (Å²) in [5.41, 5.74) is 6.60. The lowest BCUT2D eigenvalue weighted by Gasteiger charge is -2.24. The molecule has 120 valence electrons. The highest BCUT2D eigenvalue weighted by molar-refractivity contribution is 7.89. The number of nitrogens with two attached hydrogens (primary N) is 1. The van der Waals surface area contributed by atoms with Crippen LogP contribution in [-0.2, 0) is 10.0 Å². The first-order valence-corrected chi connectivity index (χ1v) is 8.96. The lowest BCUT2D eigenvalue weighted by Crippen LogP contribution is -2.30. The number of sulfonamides is 1. The predicted octanol–water partition coefficient (Wildman–Crippen LogP) is 1.94. The molecule has 0 aliphatic heterocycles. The first-order valence-electron chi connectivity index (χ1n) is 7.48. The van der Waals surface area contributed by atoms with Crippen molar-refractivity contribution in [1.29, 1.82) is 0 Å². The zero-order valence-corrected chi connectivity index (χ0v) is 14.0. The monoisotopic (exact) mass is 313 g/mol. The fourth-order valence-corrected chi connectivity index (χ4v) is 3.39. The van der Waals surface area contributed by atoms with Gasteiger partial charge in [-0.3, -0.25) is 0 Å². The maximum absolute atomic E-state index is 12.1. The molecule has 0 heterocycles. The summed E-state index contributed by atoms with van der Waals surface area (Å²) in [6.07, 6.45) is 1.97. The SMILES string of the molecule is CCCN(CCCN)c1ccc(S(=O)(=O)NC(C)C)cc1. The molecule has 0 saturated carbocycles. The Bertz CT molecular complexity index is 512. The summed E-state index contributed by atoms with van der Waals surface area (Å²) >= 11 is 0. The molecule has 0 atom stereocenters. The molecule has 1 aromatic rings. The van der Waals surface area contributed by atoms with Gasteiger partial charge in [0.25, 0.3) is 0 Å². The quantitative estimate of drug-likeness (QED) is 0.730. The molecule has 3 N–H and O–H groups in total. The molecule has 0 unspecified atom stereocenters. The summed E-state index contributed by atoms with van der Waals surface area (Å²) in [5.74, 6) is 0. The van der Waals surface area contributed by atoms with Crippen molar-refractivity contribution in [3.63, 3.8) is 0 Å². The molecule has 5 nitrogen and oxygen atoms in total. The maximum Gasteiger partial charge on any atom is 0.240 e. The Hall–Kier alpha value is -1.11. The van der Waals surface area contributed by atoms with Crippen LogP contribution in [-0.4, -0.2) is 34.1 Å². The van der Waals surface area contributed by atoms with E-state index in [0.717, 1.165) is 31.6 Å². The summed E-state index contributed by atoms with van der Waals surface area (Å²) in [6.45, 7) is 8.23. The van der Waals surface area contributed by atoms with Gasteiger partial charge in [0.1, 0.15) is 0 Å². The molecule has 21 heavy (non-hydrogen) atoms. The zero-order valence-electron chi connectivity index (χ0n) is 13.2. The van der Waals surface area contributed by atoms with Gasteiger partial charge in [0, 0.05) is 24.8 Å². The van der Waals surface area contributed by atoms with Gasteiger partial charge in [0.05, 0.1) is 4.90 Å². The van der Waals surface area contributed by atoms with Crippen molar-refractivity contribution in [3.05, 3.63) is 24.3 Å². The van der Waals surface area contributed by atoms with Crippen molar-refractivity contribution in [2.45, 2.75) is 44.6 Å². The standard InChI is InChI=1S/C15H27N3O2S/c1-4-11-18(12-5-10-16)14-6-8-15(9-7-14)21(19,20)17-13(2)3/h6-9,13,17H,4-5,10-12,16H2,1-3H3. The molecule has 0 aliphatic rings. The van der Waals surface area contributed by atoms with Gasteiger partial charge < -0.3 is 10.6 Å². The number of nitrogens with zero attached hydrogens (tertiary/aromatic N) is 1. The Morgan fingerprint density at radius 1 is 1.19 bits per heavy atom. The first kappa shape index (κ1) is 17.9. The first-order chi connectivity index (χ1) is 9.90. The van der Waals surface area contributed by atoms with Gasteiger partial charge in [-0.15, -0.1) is 0 Å². The smallest absolute Gasteiger partial charge is 0.240 e. The molecule has 0 fully saturated rings. The molecule has 0 saturated heterocycles. The second kappa shape index (κ2) is 8.36. The van der Waals surface area contributed by atoms with Crippen LogP contribution < -0.4 is 15.4 Å². The Morgan fingerprint density at radius 2 is 1.81 bits per heavy atom. The van der Waals surface area contributed by atoms with E-state index in [1.165, 1.54) is 0 Å². The third-order valence-corrected chi connectivity index (χ3v) is 4.70. The Morgan fingerprint density at radius 3 is 2.29 bits per heavy atom. The van der Waals surface area contributed by atoms with Crippen molar-refractivity contribution in [3.8, 4) is 0 Å². The lowest BCUT2D eigenvalue weighted by atomic mass is 10.2. The average Bonchev–Trinajstić information content (AvgIpc) is 2.42. The summed E-state index contributed by atoms with van der Waals surface area (Å²) in [4.78, 5) is 2.54. The van der Waals surface area contributed by atoms with E-state index in [4.69, 9.17) is 5.73 Å². The van der Waals surface area contributed by atoms with Crippen LogP contribution in [0.3, 0.4) is 0 Å². The molecule has 0 radical (unpaired) electrons. The number of hydrogen-bond donors (Lipinski definition) is 2. The van der Waals surface area contributed by atoms with Gasteiger partial charge in [-0.2, -0.15) is 0 Å². The Balaban J connectivity index is 2.89. The highest BCUT2D eigenvalue weighted by Crippen LogP contribution is 2.18. The zero-order chi connectivity index (χ0) is 15.9. The Kier molecular flexibility index (Phi) is 7.14. The van der Waals surface area contributed by atoms with Crippen LogP contribution in [0, 0.1) is 0 Å². The van der Waals surface area contributed by atoms with Crippen LogP contribution >= 0.6 is 0 Å². The number of benzene rings is 1. The Labute approximate surface area is 128 Å². The molecule has 0 bridgehead atoms. The lowest BCUT2D eigenvalue weighted by molar-refractivity contribution is 0.570. The van der Waals surface area contributed by atoms with Crippen LogP contribution in [0.2, 0.25) is 0 Å². The van der Waals surface area contributed by atoms with Crippen LogP contribution in [0.5, 0.6) is 0 Å². The third kappa shape index (κ3) is 5.65. The molecular weight excluding hydrogens is 286 g/mol. The van der Waals surface area contributed by atoms with E-state index >= 15 is 0 Å². The molecule has 0 aromatic heterocycles. The second-order valence-corrected chi connectivity index (χ2v) is 7.11. The molecule has 0 spiro atoms. The van der Waals surface area contributed by atoms with Crippen LogP contribution in [0.25, 0.3) is 0 Å². The van der Waals surface area contributed by atoms with Crippen molar-refractivity contribution in [2.75, 3.05) is 24.5 Å². The normalized spacial score (nSPS) is 11.9. The van der Waals surface area contributed by atoms with E-state index in [9.17, 15) is 8.42 Å². The van der Waals surface area contributed by atoms with Crippen molar-refractivity contribution < 1.29 is 8.42 Å². The van der Waals surface area contributed by atoms with E-state index in [1.807, 2.05) is 26.0 Å². The minimum absolute atomic E-state index is 0.115. The topological polar surface area (TPSA) is 75.4 Å². The predicted molar refractivity (Wildman–Crippen MR) is 88.1 cm³/mol. The molecule has 0 amide bonds. The van der Waals surface area contributed by atoms with Crippen molar-refractivity contribution in [2.24, 2.45) is 5.73 Å². The molecule has 1 aromatic carbocycles. The van der Waals surface area contributed by atoms with Crippen molar-refractivity contribution >= 4 is 15.7 Å². The molecule has 6 heteroatoms. The van der Waals surface area contributed by atoms with Gasteiger partial charge in [-0.25, -0.2) is 13.1 Å². The van der Waals surface area contributed by atoms with Crippen LogP contribution in [0.1, 0.15) is 33.6 Å². The number of nitrogens with one attached hydrogen (secondary N) is 1. The maximum atomic E-state index is 12.1. The van der Waals surface area contributed by atoms with Crippen LogP contribution in [0.15, 0.2) is 29.2 Å². The average molecular weight is 313 g/mol. The molecular formula is C15H27N3O2S. The van der Waals surface area contributed by atoms with Gasteiger partial charge in [-0.1, -0.05) is 6.92 Å². The summed E-state index contributed by atoms with van der Waals surface area (Å²) in [6, 6.07) is 6.93. The summed E-state index contributed by atoms with van der Waals surface area (Å²) < 4.78 is 26.7. The number of anilines is 1. The van der Waals surface area contributed by atoms with Crippen molar-refractivity contribution in [1.82, 2.24) is 4.72 Å². The summed E-state index contributed by atoms with van der Waals surface area (Å²) in [7, 11) is -3.42. The van der Waals surface area contributed by atoms with Gasteiger partial charge >= 0.3 is 0 Å². The van der Waals surface area contributed by atoms with Gasteiger partial charge in [-0.05, 0) is 57.5 Å². The van der Waals surface area contributed by atoms with E-state index in [0.29, 0.717) is 11.4 Å². The largest absolute Gasteiger partial charge is 0.371 e. The van der Waals surface area contributed by atoms with E-state index in [2.05, 4.69) is 16.5 Å². The summed E-state index contributed by atoms with van der Waals surface area (Å²) in [5, 5.41) is 0. The van der Waals surface area contributed by atoms with Crippen LogP contribution in [0.4, 0.5) is 5.69 Å². The molecule has 1 rings (SSSR count). The number of hydrogen-bond acceptors (Lipinski definition) is 4. The van der Waals surface area contributed by atoms with E-state index < -0.39 is 10.0 Å².